The van der Waals surface area contributed by atoms with Crippen molar-refractivity contribution < 1.29 is 9.13 Å². The van der Waals surface area contributed by atoms with Crippen molar-refractivity contribution in [3.05, 3.63) is 58.6 Å². The minimum Gasteiger partial charge on any atom is -0.489 e. The molecule has 1 aromatic rings. The lowest BCUT2D eigenvalue weighted by Crippen LogP contribution is -1.98. The van der Waals surface area contributed by atoms with E-state index in [-0.39, 0.29) is 6.61 Å². The minimum atomic E-state index is -0.404. The highest BCUT2D eigenvalue weighted by molar-refractivity contribution is 5.32. The molecule has 0 amide bonds. The number of allylic oxidation sites excluding steroid dienone is 3. The lowest BCUT2D eigenvalue weighted by atomic mass is 10.1. The summed E-state index contributed by atoms with van der Waals surface area (Å²) < 4.78 is 19.7. The zero-order valence-corrected chi connectivity index (χ0v) is 13.8. The molecule has 118 valence electrons. The second kappa shape index (κ2) is 9.04. The van der Waals surface area contributed by atoms with Gasteiger partial charge in [-0.15, -0.1) is 0 Å². The highest BCUT2D eigenvalue weighted by atomic mass is 19.1. The number of ether oxygens (including phenoxy) is 1. The maximum atomic E-state index is 13.9. The van der Waals surface area contributed by atoms with Crippen LogP contribution in [0.2, 0.25) is 0 Å². The Morgan fingerprint density at radius 1 is 1.41 bits per heavy atom. The Morgan fingerprint density at radius 3 is 2.68 bits per heavy atom. The Morgan fingerprint density at radius 2 is 2.14 bits per heavy atom. The molecule has 0 fully saturated rings. The highest BCUT2D eigenvalue weighted by Crippen LogP contribution is 2.18. The predicted octanol–water partition coefficient (Wildman–Crippen LogP) is 5.50. The topological polar surface area (TPSA) is 33.0 Å². The third-order valence-corrected chi connectivity index (χ3v) is 3.74. The third-order valence-electron chi connectivity index (χ3n) is 3.74. The molecule has 0 saturated carbocycles. The summed E-state index contributed by atoms with van der Waals surface area (Å²) in [4.78, 5) is 0. The fourth-order valence-corrected chi connectivity index (χ4v) is 1.76. The van der Waals surface area contributed by atoms with E-state index in [1.54, 1.807) is 12.1 Å². The quantitative estimate of drug-likeness (QED) is 0.492. The van der Waals surface area contributed by atoms with Gasteiger partial charge in [-0.25, -0.2) is 4.39 Å². The summed E-state index contributed by atoms with van der Waals surface area (Å²) in [6, 6.07) is 6.37. The van der Waals surface area contributed by atoms with Crippen LogP contribution in [0.15, 0.2) is 41.7 Å². The van der Waals surface area contributed by atoms with Crippen molar-refractivity contribution in [3.8, 4) is 6.07 Å². The Kier molecular flexibility index (Phi) is 7.39. The maximum absolute atomic E-state index is 13.9. The molecule has 0 aliphatic rings. The first-order valence-electron chi connectivity index (χ1n) is 7.71. The lowest BCUT2D eigenvalue weighted by Gasteiger charge is -2.12. The first-order valence-corrected chi connectivity index (χ1v) is 7.71. The Bertz CT molecular complexity index is 596. The van der Waals surface area contributed by atoms with Crippen molar-refractivity contribution in [1.29, 1.82) is 5.26 Å². The van der Waals surface area contributed by atoms with Gasteiger partial charge in [0.2, 0.25) is 0 Å². The molecule has 1 aromatic carbocycles. The second-order valence-electron chi connectivity index (χ2n) is 5.45. The van der Waals surface area contributed by atoms with Crippen LogP contribution in [0.25, 0.3) is 0 Å². The van der Waals surface area contributed by atoms with Crippen LogP contribution in [0.4, 0.5) is 4.39 Å². The van der Waals surface area contributed by atoms with Gasteiger partial charge in [0.05, 0.1) is 11.6 Å². The smallest absolute Gasteiger partial charge is 0.131 e. The predicted molar refractivity (Wildman–Crippen MR) is 87.5 cm³/mol. The van der Waals surface area contributed by atoms with E-state index in [1.165, 1.54) is 6.07 Å². The van der Waals surface area contributed by atoms with Crippen LogP contribution in [-0.2, 0) is 11.3 Å². The van der Waals surface area contributed by atoms with Crippen molar-refractivity contribution in [1.82, 2.24) is 0 Å². The Labute approximate surface area is 132 Å². The molecule has 0 N–H and O–H groups in total. The van der Waals surface area contributed by atoms with Crippen molar-refractivity contribution in [2.45, 2.75) is 47.1 Å². The molecule has 0 spiro atoms. The largest absolute Gasteiger partial charge is 0.489 e. The highest BCUT2D eigenvalue weighted by Gasteiger charge is 2.06. The van der Waals surface area contributed by atoms with Gasteiger partial charge in [-0.2, -0.15) is 5.26 Å². The monoisotopic (exact) mass is 301 g/mol. The van der Waals surface area contributed by atoms with Crippen molar-refractivity contribution in [2.24, 2.45) is 5.92 Å². The summed E-state index contributed by atoms with van der Waals surface area (Å²) in [5, 5.41) is 8.76. The van der Waals surface area contributed by atoms with Gasteiger partial charge in [-0.3, -0.25) is 0 Å². The molecule has 22 heavy (non-hydrogen) atoms. The molecule has 0 bridgehead atoms. The molecule has 0 aliphatic carbocycles. The van der Waals surface area contributed by atoms with Gasteiger partial charge in [0, 0.05) is 5.56 Å². The van der Waals surface area contributed by atoms with E-state index in [1.807, 2.05) is 19.1 Å². The normalized spacial score (nSPS) is 13.6. The number of nitrogens with zero attached hydrogens (tertiary/aromatic N) is 1. The van der Waals surface area contributed by atoms with Crippen molar-refractivity contribution in [3.63, 3.8) is 0 Å². The number of halogens is 1. The molecule has 1 atom stereocenters. The Hall–Kier alpha value is -2.08. The molecule has 0 radical (unpaired) electrons. The van der Waals surface area contributed by atoms with Gasteiger partial charge in [-0.1, -0.05) is 39.3 Å². The maximum Gasteiger partial charge on any atom is 0.131 e. The molecular weight excluding hydrogens is 277 g/mol. The van der Waals surface area contributed by atoms with Crippen LogP contribution in [0.3, 0.4) is 0 Å². The SMILES string of the molecule is CC/C(C)=C(\C=C/C(C)CC)OCc1ccc(C#N)cc1F. The van der Waals surface area contributed by atoms with Gasteiger partial charge < -0.3 is 4.74 Å². The van der Waals surface area contributed by atoms with Gasteiger partial charge in [-0.05, 0) is 43.0 Å². The zero-order valence-electron chi connectivity index (χ0n) is 13.8. The van der Waals surface area contributed by atoms with E-state index in [9.17, 15) is 4.39 Å². The summed E-state index contributed by atoms with van der Waals surface area (Å²) in [7, 11) is 0. The standard InChI is InChI=1S/C19H24FNO/c1-5-14(3)7-10-19(15(4)6-2)22-13-17-9-8-16(12-21)11-18(17)20/h7-11,14H,5-6,13H2,1-4H3/b10-7-,19-15+. The van der Waals surface area contributed by atoms with E-state index < -0.39 is 5.82 Å². The Balaban J connectivity index is 2.85. The van der Waals surface area contributed by atoms with Crippen LogP contribution in [-0.4, -0.2) is 0 Å². The average Bonchev–Trinajstić information content (AvgIpc) is 2.54. The summed E-state index contributed by atoms with van der Waals surface area (Å²) in [6.07, 6.45) is 6.05. The molecular formula is C19H24FNO. The van der Waals surface area contributed by atoms with Crippen molar-refractivity contribution >= 4 is 0 Å². The summed E-state index contributed by atoms with van der Waals surface area (Å²) >= 11 is 0. The van der Waals surface area contributed by atoms with Crippen LogP contribution >= 0.6 is 0 Å². The molecule has 1 unspecified atom stereocenters. The number of benzene rings is 1. The van der Waals surface area contributed by atoms with Gasteiger partial charge >= 0.3 is 0 Å². The summed E-state index contributed by atoms with van der Waals surface area (Å²) in [6.45, 7) is 8.53. The van der Waals surface area contributed by atoms with Crippen LogP contribution < -0.4 is 0 Å². The second-order valence-corrected chi connectivity index (χ2v) is 5.45. The fourth-order valence-electron chi connectivity index (χ4n) is 1.76. The minimum absolute atomic E-state index is 0.162. The number of hydrogen-bond acceptors (Lipinski definition) is 2. The van der Waals surface area contributed by atoms with E-state index in [0.29, 0.717) is 17.0 Å². The molecule has 0 saturated heterocycles. The first kappa shape index (κ1) is 18.0. The molecule has 0 aromatic heterocycles. The van der Waals surface area contributed by atoms with Crippen LogP contribution in [0.1, 0.15) is 51.7 Å². The van der Waals surface area contributed by atoms with E-state index >= 15 is 0 Å². The molecule has 0 heterocycles. The van der Waals surface area contributed by atoms with E-state index in [0.717, 1.165) is 24.2 Å². The van der Waals surface area contributed by atoms with E-state index in [2.05, 4.69) is 26.8 Å². The molecule has 1 rings (SSSR count). The van der Waals surface area contributed by atoms with Gasteiger partial charge in [0.25, 0.3) is 0 Å². The summed E-state index contributed by atoms with van der Waals surface area (Å²) in [5.41, 5.74) is 1.91. The molecule has 2 nitrogen and oxygen atoms in total. The third kappa shape index (κ3) is 5.37. The average molecular weight is 301 g/mol. The lowest BCUT2D eigenvalue weighted by molar-refractivity contribution is 0.203. The number of rotatable bonds is 7. The first-order chi connectivity index (χ1) is 10.5. The number of nitriles is 1. The van der Waals surface area contributed by atoms with Crippen LogP contribution in [0.5, 0.6) is 0 Å². The fraction of sp³-hybridized carbons (Fsp3) is 0.421. The van der Waals surface area contributed by atoms with Gasteiger partial charge in [0.1, 0.15) is 18.2 Å². The van der Waals surface area contributed by atoms with Gasteiger partial charge in [0.15, 0.2) is 0 Å². The molecule has 0 aliphatic heterocycles. The van der Waals surface area contributed by atoms with Crippen molar-refractivity contribution in [2.75, 3.05) is 0 Å². The van der Waals surface area contributed by atoms with Crippen LogP contribution in [0, 0.1) is 23.1 Å². The number of hydrogen-bond donors (Lipinski definition) is 0. The molecule has 3 heteroatoms. The van der Waals surface area contributed by atoms with E-state index in [4.69, 9.17) is 10.00 Å². The summed E-state index contributed by atoms with van der Waals surface area (Å²) in [5.74, 6) is 0.875. The zero-order chi connectivity index (χ0) is 16.5.